The van der Waals surface area contributed by atoms with Gasteiger partial charge in [0, 0.05) is 0 Å². The maximum absolute atomic E-state index is 11.4. The number of rotatable bonds is 6. The molecule has 3 heteroatoms. The monoisotopic (exact) mass is 298 g/mol. The molecule has 2 aromatic rings. The van der Waals surface area contributed by atoms with Crippen LogP contribution >= 0.6 is 0 Å². The Balaban J connectivity index is 2.05. The second-order valence-corrected chi connectivity index (χ2v) is 5.37. The fraction of sp³-hybridized carbons (Fsp3) is 0.316. The Morgan fingerprint density at radius 1 is 1.14 bits per heavy atom. The van der Waals surface area contributed by atoms with Gasteiger partial charge in [0.05, 0.1) is 19.1 Å². The van der Waals surface area contributed by atoms with Gasteiger partial charge in [-0.25, -0.2) is 0 Å². The topological polar surface area (TPSA) is 46.5 Å². The highest BCUT2D eigenvalue weighted by atomic mass is 16.5. The molecule has 0 unspecified atom stereocenters. The Bertz CT molecular complexity index is 620. The highest BCUT2D eigenvalue weighted by Gasteiger charge is 2.13. The molecule has 0 fully saturated rings. The van der Waals surface area contributed by atoms with Crippen molar-refractivity contribution in [3.8, 4) is 11.1 Å². The third-order valence-corrected chi connectivity index (χ3v) is 3.61. The first-order chi connectivity index (χ1) is 10.6. The summed E-state index contributed by atoms with van der Waals surface area (Å²) in [6.07, 6.45) is -0.215. The van der Waals surface area contributed by atoms with Crippen molar-refractivity contribution >= 4 is 5.97 Å². The minimum atomic E-state index is -0.708. The summed E-state index contributed by atoms with van der Waals surface area (Å²) in [4.78, 5) is 11.4. The third-order valence-electron chi connectivity index (χ3n) is 3.61. The number of hydrogen-bond acceptors (Lipinski definition) is 3. The van der Waals surface area contributed by atoms with E-state index in [0.717, 1.165) is 16.7 Å². The quantitative estimate of drug-likeness (QED) is 0.830. The van der Waals surface area contributed by atoms with Crippen LogP contribution in [0.5, 0.6) is 0 Å². The van der Waals surface area contributed by atoms with Crippen molar-refractivity contribution < 1.29 is 14.6 Å². The van der Waals surface area contributed by atoms with Crippen LogP contribution < -0.4 is 0 Å². The molecular weight excluding hydrogens is 276 g/mol. The number of ether oxygens (including phenoxy) is 1. The third kappa shape index (κ3) is 4.43. The standard InChI is InChI=1S/C19H22O3/c1-3-22-19(21)13-18(20)12-16-9-10-17(11-14(16)2)15-7-5-4-6-8-15/h4-11,18,20H,3,12-13H2,1-2H3/t18-/m0/s1. The minimum absolute atomic E-state index is 0.0354. The lowest BCUT2D eigenvalue weighted by molar-refractivity contribution is -0.145. The zero-order valence-corrected chi connectivity index (χ0v) is 13.1. The lowest BCUT2D eigenvalue weighted by Crippen LogP contribution is -2.18. The Hall–Kier alpha value is -2.13. The molecule has 0 amide bonds. The highest BCUT2D eigenvalue weighted by Crippen LogP contribution is 2.23. The predicted octanol–water partition coefficient (Wildman–Crippen LogP) is 3.52. The molecule has 1 atom stereocenters. The Morgan fingerprint density at radius 2 is 1.86 bits per heavy atom. The van der Waals surface area contributed by atoms with E-state index in [-0.39, 0.29) is 12.4 Å². The van der Waals surface area contributed by atoms with Crippen LogP contribution in [-0.2, 0) is 16.0 Å². The fourth-order valence-electron chi connectivity index (χ4n) is 2.47. The Labute approximate surface area is 131 Å². The van der Waals surface area contributed by atoms with Crippen molar-refractivity contribution in [1.29, 1.82) is 0 Å². The van der Waals surface area contributed by atoms with Crippen LogP contribution in [0.15, 0.2) is 48.5 Å². The van der Waals surface area contributed by atoms with Crippen molar-refractivity contribution in [2.24, 2.45) is 0 Å². The molecule has 0 spiro atoms. The summed E-state index contributed by atoms with van der Waals surface area (Å²) in [6.45, 7) is 4.13. The van der Waals surface area contributed by atoms with E-state index in [9.17, 15) is 9.90 Å². The van der Waals surface area contributed by atoms with E-state index in [1.807, 2.05) is 31.2 Å². The molecule has 116 valence electrons. The summed E-state index contributed by atoms with van der Waals surface area (Å²) in [7, 11) is 0. The molecule has 0 aliphatic heterocycles. The van der Waals surface area contributed by atoms with Gasteiger partial charge < -0.3 is 9.84 Å². The zero-order valence-electron chi connectivity index (χ0n) is 13.1. The van der Waals surface area contributed by atoms with Gasteiger partial charge in [0.2, 0.25) is 0 Å². The summed E-state index contributed by atoms with van der Waals surface area (Å²) in [5.41, 5.74) is 4.49. The number of aryl methyl sites for hydroxylation is 1. The van der Waals surface area contributed by atoms with E-state index in [2.05, 4.69) is 24.3 Å². The van der Waals surface area contributed by atoms with E-state index in [1.165, 1.54) is 5.56 Å². The molecule has 0 aromatic heterocycles. The lowest BCUT2D eigenvalue weighted by atomic mass is 9.96. The molecule has 22 heavy (non-hydrogen) atoms. The van der Waals surface area contributed by atoms with E-state index < -0.39 is 6.10 Å². The van der Waals surface area contributed by atoms with Crippen LogP contribution in [-0.4, -0.2) is 23.8 Å². The molecule has 0 aliphatic carbocycles. The number of esters is 1. The summed E-state index contributed by atoms with van der Waals surface area (Å²) < 4.78 is 4.86. The maximum atomic E-state index is 11.4. The van der Waals surface area contributed by atoms with Crippen LogP contribution in [0.4, 0.5) is 0 Å². The fourth-order valence-corrected chi connectivity index (χ4v) is 2.47. The summed E-state index contributed by atoms with van der Waals surface area (Å²) in [5, 5.41) is 10.0. The number of carbonyl (C=O) groups is 1. The van der Waals surface area contributed by atoms with E-state index in [1.54, 1.807) is 6.92 Å². The summed E-state index contributed by atoms with van der Waals surface area (Å²) >= 11 is 0. The molecule has 0 bridgehead atoms. The van der Waals surface area contributed by atoms with Gasteiger partial charge in [-0.3, -0.25) is 4.79 Å². The number of aliphatic hydroxyl groups excluding tert-OH is 1. The molecule has 2 aromatic carbocycles. The molecule has 2 rings (SSSR count). The molecule has 0 saturated heterocycles. The number of carbonyl (C=O) groups excluding carboxylic acids is 1. The molecule has 0 heterocycles. The maximum Gasteiger partial charge on any atom is 0.308 e. The Kier molecular flexibility index (Phi) is 5.73. The first-order valence-corrected chi connectivity index (χ1v) is 7.58. The number of aliphatic hydroxyl groups is 1. The Morgan fingerprint density at radius 3 is 2.50 bits per heavy atom. The predicted molar refractivity (Wildman–Crippen MR) is 87.6 cm³/mol. The SMILES string of the molecule is CCOC(=O)C[C@@H](O)Cc1ccc(-c2ccccc2)cc1C. The minimum Gasteiger partial charge on any atom is -0.466 e. The average Bonchev–Trinajstić information content (AvgIpc) is 2.50. The van der Waals surface area contributed by atoms with E-state index >= 15 is 0 Å². The van der Waals surface area contributed by atoms with Gasteiger partial charge in [0.15, 0.2) is 0 Å². The summed E-state index contributed by atoms with van der Waals surface area (Å²) in [6, 6.07) is 16.4. The van der Waals surface area contributed by atoms with Crippen molar-refractivity contribution in [1.82, 2.24) is 0 Å². The first kappa shape index (κ1) is 16.2. The van der Waals surface area contributed by atoms with Gasteiger partial charge >= 0.3 is 5.97 Å². The zero-order chi connectivity index (χ0) is 15.9. The van der Waals surface area contributed by atoms with E-state index in [4.69, 9.17) is 4.74 Å². The second-order valence-electron chi connectivity index (χ2n) is 5.37. The molecule has 1 N–H and O–H groups in total. The first-order valence-electron chi connectivity index (χ1n) is 7.58. The van der Waals surface area contributed by atoms with Gasteiger partial charge in [-0.2, -0.15) is 0 Å². The van der Waals surface area contributed by atoms with Gasteiger partial charge in [-0.1, -0.05) is 48.5 Å². The second kappa shape index (κ2) is 7.76. The van der Waals surface area contributed by atoms with Gasteiger partial charge in [0.25, 0.3) is 0 Å². The highest BCUT2D eigenvalue weighted by molar-refractivity contribution is 5.70. The molecule has 0 radical (unpaired) electrons. The van der Waals surface area contributed by atoms with Crippen molar-refractivity contribution in [3.63, 3.8) is 0 Å². The normalized spacial score (nSPS) is 12.0. The smallest absolute Gasteiger partial charge is 0.308 e. The average molecular weight is 298 g/mol. The van der Waals surface area contributed by atoms with Crippen molar-refractivity contribution in [2.75, 3.05) is 6.61 Å². The van der Waals surface area contributed by atoms with Gasteiger partial charge in [-0.05, 0) is 42.5 Å². The molecule has 0 saturated carbocycles. The van der Waals surface area contributed by atoms with Gasteiger partial charge in [-0.15, -0.1) is 0 Å². The number of benzene rings is 2. The van der Waals surface area contributed by atoms with Crippen molar-refractivity contribution in [3.05, 3.63) is 59.7 Å². The molecular formula is C19H22O3. The van der Waals surface area contributed by atoms with Crippen molar-refractivity contribution in [2.45, 2.75) is 32.8 Å². The van der Waals surface area contributed by atoms with Crippen LogP contribution in [0.2, 0.25) is 0 Å². The lowest BCUT2D eigenvalue weighted by Gasteiger charge is -2.13. The molecule has 0 aliphatic rings. The van der Waals surface area contributed by atoms with Crippen LogP contribution in [0.1, 0.15) is 24.5 Å². The van der Waals surface area contributed by atoms with E-state index in [0.29, 0.717) is 13.0 Å². The largest absolute Gasteiger partial charge is 0.466 e. The van der Waals surface area contributed by atoms with Crippen LogP contribution in [0.25, 0.3) is 11.1 Å². The number of hydrogen-bond donors (Lipinski definition) is 1. The van der Waals surface area contributed by atoms with Crippen LogP contribution in [0.3, 0.4) is 0 Å². The summed E-state index contributed by atoms with van der Waals surface area (Å²) in [5.74, 6) is -0.353. The van der Waals surface area contributed by atoms with Gasteiger partial charge in [0.1, 0.15) is 0 Å². The van der Waals surface area contributed by atoms with Crippen LogP contribution in [0, 0.1) is 6.92 Å². The molecule has 3 nitrogen and oxygen atoms in total.